The molecule has 7 heteroatoms. The van der Waals surface area contributed by atoms with Crippen molar-refractivity contribution in [3.63, 3.8) is 0 Å². The van der Waals surface area contributed by atoms with Gasteiger partial charge in [0.2, 0.25) is 5.91 Å². The molecule has 0 atom stereocenters. The molecule has 0 aliphatic heterocycles. The van der Waals surface area contributed by atoms with Crippen LogP contribution in [0.1, 0.15) is 5.56 Å². The van der Waals surface area contributed by atoms with E-state index in [0.717, 1.165) is 22.2 Å². The molecule has 1 aromatic carbocycles. The van der Waals surface area contributed by atoms with Crippen LogP contribution in [0.25, 0.3) is 10.9 Å². The lowest BCUT2D eigenvalue weighted by Gasteiger charge is -2.17. The first-order valence-corrected chi connectivity index (χ1v) is 7.95. The number of hydrogen-bond donors (Lipinski definition) is 1. The van der Waals surface area contributed by atoms with Crippen LogP contribution in [0.4, 0.5) is 5.82 Å². The number of amides is 1. The second-order valence-electron chi connectivity index (χ2n) is 5.92. The highest BCUT2D eigenvalue weighted by atomic mass is 16.5. The first kappa shape index (κ1) is 16.9. The molecule has 3 rings (SSSR count). The molecule has 0 unspecified atom stereocenters. The second kappa shape index (κ2) is 7.31. The standard InChI is InChI=1S/C18H21N5O2/c1-22(12-17(24)20-16-8-10-23(2)21-16)11-13-6-7-15(25-3)18-14(13)5-4-9-19-18/h4-10H,11-12H2,1-3H3,(H,20,21,24). The predicted octanol–water partition coefficient (Wildman–Crippen LogP) is 2.05. The molecule has 1 N–H and O–H groups in total. The van der Waals surface area contributed by atoms with Crippen LogP contribution < -0.4 is 10.1 Å². The van der Waals surface area contributed by atoms with Gasteiger partial charge >= 0.3 is 0 Å². The van der Waals surface area contributed by atoms with Gasteiger partial charge in [-0.3, -0.25) is 19.4 Å². The number of pyridine rings is 1. The van der Waals surface area contributed by atoms with Crippen LogP contribution in [0.2, 0.25) is 0 Å². The van der Waals surface area contributed by atoms with Gasteiger partial charge in [-0.2, -0.15) is 5.10 Å². The molecule has 0 saturated heterocycles. The molecule has 0 bridgehead atoms. The van der Waals surface area contributed by atoms with Crippen LogP contribution in [0.5, 0.6) is 5.75 Å². The van der Waals surface area contributed by atoms with Crippen molar-refractivity contribution in [2.75, 3.05) is 26.0 Å². The SMILES string of the molecule is COc1ccc(CN(C)CC(=O)Nc2ccn(C)n2)c2cccnc12. The number of nitrogens with one attached hydrogen (secondary N) is 1. The Hall–Kier alpha value is -2.93. The van der Waals surface area contributed by atoms with E-state index in [1.807, 2.05) is 43.3 Å². The number of aromatic nitrogens is 3. The predicted molar refractivity (Wildman–Crippen MR) is 96.5 cm³/mol. The summed E-state index contributed by atoms with van der Waals surface area (Å²) in [6, 6.07) is 9.60. The maximum absolute atomic E-state index is 12.2. The lowest BCUT2D eigenvalue weighted by Crippen LogP contribution is -2.30. The summed E-state index contributed by atoms with van der Waals surface area (Å²) in [6.45, 7) is 0.895. The molecule has 7 nitrogen and oxygen atoms in total. The Kier molecular flexibility index (Phi) is 4.95. The fraction of sp³-hybridized carbons (Fsp3) is 0.278. The summed E-state index contributed by atoms with van der Waals surface area (Å²) >= 11 is 0. The number of nitrogens with zero attached hydrogens (tertiary/aromatic N) is 4. The van der Waals surface area contributed by atoms with Gasteiger partial charge in [0.15, 0.2) is 5.82 Å². The van der Waals surface area contributed by atoms with Crippen LogP contribution >= 0.6 is 0 Å². The molecule has 0 spiro atoms. The second-order valence-corrected chi connectivity index (χ2v) is 5.92. The number of likely N-dealkylation sites (N-methyl/N-ethyl adjacent to an activating group) is 1. The lowest BCUT2D eigenvalue weighted by atomic mass is 10.1. The van der Waals surface area contributed by atoms with Crippen LogP contribution in [-0.2, 0) is 18.4 Å². The highest BCUT2D eigenvalue weighted by Crippen LogP contribution is 2.27. The molecule has 0 radical (unpaired) electrons. The van der Waals surface area contributed by atoms with Crippen LogP contribution in [0.3, 0.4) is 0 Å². The number of hydrogen-bond acceptors (Lipinski definition) is 5. The van der Waals surface area contributed by atoms with E-state index in [2.05, 4.69) is 15.4 Å². The van der Waals surface area contributed by atoms with E-state index in [0.29, 0.717) is 12.4 Å². The molecule has 25 heavy (non-hydrogen) atoms. The maximum Gasteiger partial charge on any atom is 0.239 e. The number of fused-ring (bicyclic) bond motifs is 1. The Morgan fingerprint density at radius 3 is 2.88 bits per heavy atom. The summed E-state index contributed by atoms with van der Waals surface area (Å²) in [4.78, 5) is 18.5. The van der Waals surface area contributed by atoms with Crippen molar-refractivity contribution in [2.24, 2.45) is 7.05 Å². The molecule has 130 valence electrons. The first-order valence-electron chi connectivity index (χ1n) is 7.95. The molecule has 2 heterocycles. The van der Waals surface area contributed by atoms with E-state index in [-0.39, 0.29) is 12.5 Å². The number of carbonyl (C=O) groups is 1. The number of rotatable bonds is 6. The number of ether oxygens (including phenoxy) is 1. The largest absolute Gasteiger partial charge is 0.494 e. The van der Waals surface area contributed by atoms with Gasteiger partial charge in [0.1, 0.15) is 11.3 Å². The highest BCUT2D eigenvalue weighted by Gasteiger charge is 2.12. The van der Waals surface area contributed by atoms with E-state index < -0.39 is 0 Å². The zero-order valence-corrected chi connectivity index (χ0v) is 14.6. The smallest absolute Gasteiger partial charge is 0.239 e. The minimum Gasteiger partial charge on any atom is -0.494 e. The van der Waals surface area contributed by atoms with E-state index in [4.69, 9.17) is 4.74 Å². The fourth-order valence-corrected chi connectivity index (χ4v) is 2.76. The minimum atomic E-state index is -0.0999. The number of anilines is 1. The van der Waals surface area contributed by atoms with Crippen LogP contribution in [0.15, 0.2) is 42.7 Å². The van der Waals surface area contributed by atoms with Gasteiger partial charge in [-0.05, 0) is 24.7 Å². The van der Waals surface area contributed by atoms with Gasteiger partial charge < -0.3 is 10.1 Å². The zero-order valence-electron chi connectivity index (χ0n) is 14.6. The van der Waals surface area contributed by atoms with Crippen molar-refractivity contribution < 1.29 is 9.53 Å². The molecule has 0 aliphatic carbocycles. The normalized spacial score (nSPS) is 11.0. The molecule has 0 fully saturated rings. The summed E-state index contributed by atoms with van der Waals surface area (Å²) in [5.41, 5.74) is 1.92. The van der Waals surface area contributed by atoms with Gasteiger partial charge in [-0.25, -0.2) is 0 Å². The van der Waals surface area contributed by atoms with Gasteiger partial charge in [-0.1, -0.05) is 12.1 Å². The summed E-state index contributed by atoms with van der Waals surface area (Å²) in [7, 11) is 5.35. The first-order chi connectivity index (χ1) is 12.1. The highest BCUT2D eigenvalue weighted by molar-refractivity contribution is 5.91. The molecule has 3 aromatic rings. The van der Waals surface area contributed by atoms with Crippen molar-refractivity contribution in [1.29, 1.82) is 0 Å². The Balaban J connectivity index is 1.69. The Morgan fingerprint density at radius 2 is 2.16 bits per heavy atom. The Morgan fingerprint density at radius 1 is 1.32 bits per heavy atom. The topological polar surface area (TPSA) is 72.3 Å². The van der Waals surface area contributed by atoms with Crippen LogP contribution in [0, 0.1) is 0 Å². The van der Waals surface area contributed by atoms with Crippen molar-refractivity contribution in [2.45, 2.75) is 6.54 Å². The minimum absolute atomic E-state index is 0.0999. The summed E-state index contributed by atoms with van der Waals surface area (Å²) in [5.74, 6) is 1.20. The average Bonchev–Trinajstić information content (AvgIpc) is 2.99. The number of carbonyl (C=O) groups excluding carboxylic acids is 1. The number of methoxy groups -OCH3 is 1. The van der Waals surface area contributed by atoms with Crippen molar-refractivity contribution in [3.05, 3.63) is 48.3 Å². The van der Waals surface area contributed by atoms with Crippen molar-refractivity contribution in [1.82, 2.24) is 19.7 Å². The van der Waals surface area contributed by atoms with E-state index in [9.17, 15) is 4.79 Å². The molecular formula is C18H21N5O2. The average molecular weight is 339 g/mol. The molecule has 0 aliphatic rings. The number of benzene rings is 1. The summed E-state index contributed by atoms with van der Waals surface area (Å²) < 4.78 is 7.02. The van der Waals surface area contributed by atoms with Gasteiger partial charge in [0.25, 0.3) is 0 Å². The van der Waals surface area contributed by atoms with Gasteiger partial charge in [-0.15, -0.1) is 0 Å². The van der Waals surface area contributed by atoms with Crippen LogP contribution in [-0.4, -0.2) is 46.3 Å². The Labute approximate surface area is 146 Å². The molecule has 1 amide bonds. The third-order valence-corrected chi connectivity index (χ3v) is 3.88. The lowest BCUT2D eigenvalue weighted by molar-refractivity contribution is -0.117. The fourth-order valence-electron chi connectivity index (χ4n) is 2.76. The molecule has 0 saturated carbocycles. The van der Waals surface area contributed by atoms with E-state index >= 15 is 0 Å². The maximum atomic E-state index is 12.2. The third-order valence-electron chi connectivity index (χ3n) is 3.88. The van der Waals surface area contributed by atoms with E-state index in [1.54, 1.807) is 30.3 Å². The number of aryl methyl sites for hydroxylation is 1. The molecular weight excluding hydrogens is 318 g/mol. The zero-order chi connectivity index (χ0) is 17.8. The van der Waals surface area contributed by atoms with Crippen molar-refractivity contribution in [3.8, 4) is 5.75 Å². The van der Waals surface area contributed by atoms with E-state index in [1.165, 1.54) is 0 Å². The quantitative estimate of drug-likeness (QED) is 0.744. The summed E-state index contributed by atoms with van der Waals surface area (Å²) in [5, 5.41) is 7.96. The molecule has 2 aromatic heterocycles. The summed E-state index contributed by atoms with van der Waals surface area (Å²) in [6.07, 6.45) is 3.54. The van der Waals surface area contributed by atoms with Gasteiger partial charge in [0.05, 0.1) is 13.7 Å². The third kappa shape index (κ3) is 3.95. The van der Waals surface area contributed by atoms with Gasteiger partial charge in [0, 0.05) is 37.4 Å². The Bertz CT molecular complexity index is 890. The monoisotopic (exact) mass is 339 g/mol. The van der Waals surface area contributed by atoms with Crippen molar-refractivity contribution >= 4 is 22.6 Å².